The van der Waals surface area contributed by atoms with Crippen LogP contribution in [0.4, 0.5) is 0 Å². The number of nitrogens with two attached hydrogens (primary N) is 1. The van der Waals surface area contributed by atoms with Crippen molar-refractivity contribution in [3.63, 3.8) is 0 Å². The molecule has 0 radical (unpaired) electrons. The maximum atomic E-state index is 11.7. The average Bonchev–Trinajstić information content (AvgIpc) is 2.52. The zero-order valence-corrected chi connectivity index (χ0v) is 13.2. The fraction of sp³-hybridized carbons (Fsp3) is 0.933. The molecule has 1 saturated carbocycles. The lowest BCUT2D eigenvalue weighted by Crippen LogP contribution is -2.53. The van der Waals surface area contributed by atoms with Gasteiger partial charge in [-0.3, -0.25) is 9.69 Å². The molecule has 6 nitrogen and oxygen atoms in total. The highest BCUT2D eigenvalue weighted by Gasteiger charge is 2.40. The van der Waals surface area contributed by atoms with E-state index in [9.17, 15) is 9.90 Å². The van der Waals surface area contributed by atoms with E-state index in [0.717, 1.165) is 38.8 Å². The first-order chi connectivity index (χ1) is 10.5. The fourth-order valence-electron chi connectivity index (χ4n) is 4.11. The van der Waals surface area contributed by atoms with Gasteiger partial charge in [0.25, 0.3) is 0 Å². The van der Waals surface area contributed by atoms with Gasteiger partial charge in [-0.2, -0.15) is 0 Å². The van der Waals surface area contributed by atoms with Crippen molar-refractivity contribution in [2.45, 2.75) is 57.4 Å². The number of rotatable bonds is 6. The standard InChI is InChI=1S/C15H29BN2O4/c17-14(18-8-2-1-3-9-18)12-5-4-11(6-7-16(21)22)10-13(12)15(19)20/h11-14,21-22H,1-10,17H2,(H,19,20)/t11?,12-,13+,14?/m1/s1. The number of likely N-dealkylation sites (tertiary alicyclic amines) is 1. The summed E-state index contributed by atoms with van der Waals surface area (Å²) in [5, 5.41) is 27.5. The van der Waals surface area contributed by atoms with Crippen molar-refractivity contribution >= 4 is 13.1 Å². The van der Waals surface area contributed by atoms with Crippen molar-refractivity contribution in [1.29, 1.82) is 0 Å². The van der Waals surface area contributed by atoms with E-state index in [2.05, 4.69) is 4.90 Å². The quantitative estimate of drug-likeness (QED) is 0.539. The van der Waals surface area contributed by atoms with Crippen LogP contribution in [0.25, 0.3) is 0 Å². The van der Waals surface area contributed by atoms with E-state index in [4.69, 9.17) is 15.8 Å². The Balaban J connectivity index is 1.94. The van der Waals surface area contributed by atoms with Crippen LogP contribution >= 0.6 is 0 Å². The van der Waals surface area contributed by atoms with Crippen LogP contribution in [0.15, 0.2) is 0 Å². The normalized spacial score (nSPS) is 31.7. The SMILES string of the molecule is NC([C@@H]1CCC(CCB(O)O)C[C@@H]1C(=O)O)N1CCCCC1. The van der Waals surface area contributed by atoms with E-state index in [1.54, 1.807) is 0 Å². The van der Waals surface area contributed by atoms with Crippen LogP contribution in [0, 0.1) is 17.8 Å². The Morgan fingerprint density at radius 2 is 1.91 bits per heavy atom. The third-order valence-electron chi connectivity index (χ3n) is 5.41. The Morgan fingerprint density at radius 1 is 1.23 bits per heavy atom. The van der Waals surface area contributed by atoms with E-state index < -0.39 is 19.0 Å². The van der Waals surface area contributed by atoms with Gasteiger partial charge in [0.2, 0.25) is 0 Å². The summed E-state index contributed by atoms with van der Waals surface area (Å²) < 4.78 is 0. The van der Waals surface area contributed by atoms with Crippen molar-refractivity contribution in [3.05, 3.63) is 0 Å². The zero-order valence-electron chi connectivity index (χ0n) is 13.2. The molecule has 1 saturated heterocycles. The summed E-state index contributed by atoms with van der Waals surface area (Å²) in [6.45, 7) is 1.95. The van der Waals surface area contributed by atoms with Crippen LogP contribution in [0.3, 0.4) is 0 Å². The summed E-state index contributed by atoms with van der Waals surface area (Å²) in [6, 6.07) is 0. The zero-order chi connectivity index (χ0) is 16.1. The summed E-state index contributed by atoms with van der Waals surface area (Å²) >= 11 is 0. The van der Waals surface area contributed by atoms with Gasteiger partial charge in [-0.25, -0.2) is 0 Å². The lowest BCUT2D eigenvalue weighted by atomic mass is 9.69. The molecular weight excluding hydrogens is 283 g/mol. The third-order valence-corrected chi connectivity index (χ3v) is 5.41. The number of carboxylic acid groups (broad SMARTS) is 1. The number of hydrogen-bond acceptors (Lipinski definition) is 5. The molecular formula is C15H29BN2O4. The van der Waals surface area contributed by atoms with Gasteiger partial charge in [0, 0.05) is 5.92 Å². The molecule has 1 aliphatic heterocycles. The lowest BCUT2D eigenvalue weighted by molar-refractivity contribution is -0.147. The van der Waals surface area contributed by atoms with Gasteiger partial charge in [-0.1, -0.05) is 19.3 Å². The second kappa shape index (κ2) is 8.29. The molecule has 0 bridgehead atoms. The average molecular weight is 312 g/mol. The predicted octanol–water partition coefficient (Wildman–Crippen LogP) is 0.737. The van der Waals surface area contributed by atoms with Gasteiger partial charge in [0.1, 0.15) is 0 Å². The predicted molar refractivity (Wildman–Crippen MR) is 85.0 cm³/mol. The molecule has 126 valence electrons. The van der Waals surface area contributed by atoms with Crippen molar-refractivity contribution in [2.75, 3.05) is 13.1 Å². The van der Waals surface area contributed by atoms with Gasteiger partial charge in [-0.15, -0.1) is 0 Å². The second-order valence-electron chi connectivity index (χ2n) is 6.93. The largest absolute Gasteiger partial charge is 0.481 e. The number of hydrogen-bond donors (Lipinski definition) is 4. The van der Waals surface area contributed by atoms with E-state index >= 15 is 0 Å². The molecule has 2 fully saturated rings. The smallest absolute Gasteiger partial charge is 0.451 e. The Labute approximate surface area is 132 Å². The van der Waals surface area contributed by atoms with E-state index in [-0.39, 0.29) is 18.0 Å². The summed E-state index contributed by atoms with van der Waals surface area (Å²) in [5.74, 6) is -0.906. The molecule has 0 aromatic heterocycles. The van der Waals surface area contributed by atoms with Crippen LogP contribution < -0.4 is 5.73 Å². The van der Waals surface area contributed by atoms with Crippen LogP contribution in [0.1, 0.15) is 44.9 Å². The highest BCUT2D eigenvalue weighted by molar-refractivity contribution is 6.40. The topological polar surface area (TPSA) is 107 Å². The molecule has 2 unspecified atom stereocenters. The number of nitrogens with zero attached hydrogens (tertiary/aromatic N) is 1. The summed E-state index contributed by atoms with van der Waals surface area (Å²) in [6.07, 6.45) is 6.72. The van der Waals surface area contributed by atoms with Gasteiger partial charge in [0.05, 0.1) is 12.1 Å². The molecule has 1 heterocycles. The first-order valence-corrected chi connectivity index (χ1v) is 8.57. The minimum Gasteiger partial charge on any atom is -0.481 e. The van der Waals surface area contributed by atoms with Crippen LogP contribution in [-0.2, 0) is 4.79 Å². The summed E-state index contributed by atoms with van der Waals surface area (Å²) in [4.78, 5) is 13.9. The molecule has 2 rings (SSSR count). The van der Waals surface area contributed by atoms with E-state index in [0.29, 0.717) is 19.2 Å². The Hall–Kier alpha value is -0.625. The molecule has 2 aliphatic rings. The monoisotopic (exact) mass is 312 g/mol. The number of carboxylic acids is 1. The molecule has 5 N–H and O–H groups in total. The van der Waals surface area contributed by atoms with E-state index in [1.165, 1.54) is 6.42 Å². The maximum absolute atomic E-state index is 11.7. The number of piperidine rings is 1. The Morgan fingerprint density at radius 3 is 2.50 bits per heavy atom. The first kappa shape index (κ1) is 17.7. The maximum Gasteiger partial charge on any atom is 0.451 e. The second-order valence-corrected chi connectivity index (χ2v) is 6.93. The van der Waals surface area contributed by atoms with Gasteiger partial charge < -0.3 is 20.9 Å². The number of carbonyl (C=O) groups is 1. The molecule has 7 heteroatoms. The fourth-order valence-corrected chi connectivity index (χ4v) is 4.11. The van der Waals surface area contributed by atoms with E-state index in [1.807, 2.05) is 0 Å². The molecule has 4 atom stereocenters. The molecule has 0 amide bonds. The van der Waals surface area contributed by atoms with Gasteiger partial charge in [0.15, 0.2) is 0 Å². The van der Waals surface area contributed by atoms with Crippen molar-refractivity contribution < 1.29 is 19.9 Å². The van der Waals surface area contributed by atoms with Crippen LogP contribution in [0.5, 0.6) is 0 Å². The minimum atomic E-state index is -1.29. The Kier molecular flexibility index (Phi) is 6.68. The minimum absolute atomic E-state index is 0.00546. The molecule has 22 heavy (non-hydrogen) atoms. The summed E-state index contributed by atoms with van der Waals surface area (Å²) in [7, 11) is -1.29. The van der Waals surface area contributed by atoms with Crippen LogP contribution in [0.2, 0.25) is 6.32 Å². The summed E-state index contributed by atoms with van der Waals surface area (Å²) in [5.41, 5.74) is 6.40. The third kappa shape index (κ3) is 4.68. The molecule has 1 aliphatic carbocycles. The highest BCUT2D eigenvalue weighted by atomic mass is 16.4. The first-order valence-electron chi connectivity index (χ1n) is 8.57. The van der Waals surface area contributed by atoms with Gasteiger partial charge >= 0.3 is 13.1 Å². The van der Waals surface area contributed by atoms with Gasteiger partial charge in [-0.05, 0) is 51.0 Å². The van der Waals surface area contributed by atoms with Crippen molar-refractivity contribution in [1.82, 2.24) is 4.90 Å². The highest BCUT2D eigenvalue weighted by Crippen LogP contribution is 2.38. The molecule has 0 spiro atoms. The molecule has 0 aromatic carbocycles. The van der Waals surface area contributed by atoms with Crippen molar-refractivity contribution in [2.24, 2.45) is 23.5 Å². The lowest BCUT2D eigenvalue weighted by Gasteiger charge is -2.42. The molecule has 0 aromatic rings. The number of aliphatic carboxylic acids is 1. The Bertz CT molecular complexity index is 363. The van der Waals surface area contributed by atoms with Crippen molar-refractivity contribution in [3.8, 4) is 0 Å². The van der Waals surface area contributed by atoms with Crippen LogP contribution in [-0.4, -0.2) is 52.4 Å².